The molecule has 2 N–H and O–H groups in total. The number of benzene rings is 1. The molecule has 2 fully saturated rings. The fourth-order valence-corrected chi connectivity index (χ4v) is 3.13. The van der Waals surface area contributed by atoms with Gasteiger partial charge in [0.25, 0.3) is 0 Å². The van der Waals surface area contributed by atoms with Crippen LogP contribution in [0.1, 0.15) is 43.7 Å². The van der Waals surface area contributed by atoms with Crippen molar-refractivity contribution in [1.29, 1.82) is 0 Å². The summed E-state index contributed by atoms with van der Waals surface area (Å²) in [5, 5.41) is 5.70. The summed E-state index contributed by atoms with van der Waals surface area (Å²) < 4.78 is 11.3. The summed E-state index contributed by atoms with van der Waals surface area (Å²) in [5.74, 6) is -0.886. The van der Waals surface area contributed by atoms with Crippen LogP contribution >= 0.6 is 0 Å². The average Bonchev–Trinajstić information content (AvgIpc) is 2.92. The van der Waals surface area contributed by atoms with Gasteiger partial charge in [-0.25, -0.2) is 0 Å². The molecule has 1 atom stereocenters. The van der Waals surface area contributed by atoms with E-state index in [1.165, 1.54) is 0 Å². The number of carbonyl (C=O) groups is 2. The quantitative estimate of drug-likeness (QED) is 0.878. The Balaban J connectivity index is 1.60. The van der Waals surface area contributed by atoms with Crippen molar-refractivity contribution in [2.75, 3.05) is 13.2 Å². The lowest BCUT2D eigenvalue weighted by Crippen LogP contribution is -2.45. The second-order valence-corrected chi connectivity index (χ2v) is 6.43. The molecular formula is C18H24N2O4. The Morgan fingerprint density at radius 2 is 2.12 bits per heavy atom. The summed E-state index contributed by atoms with van der Waals surface area (Å²) in [5.41, 5.74) is 1.91. The number of ether oxygens (including phenoxy) is 2. The topological polar surface area (TPSA) is 76.7 Å². The molecule has 6 heteroatoms. The van der Waals surface area contributed by atoms with E-state index in [1.807, 2.05) is 31.2 Å². The highest BCUT2D eigenvalue weighted by Gasteiger charge is 2.33. The first-order valence-corrected chi connectivity index (χ1v) is 8.51. The van der Waals surface area contributed by atoms with Crippen LogP contribution in [-0.2, 0) is 31.4 Å². The summed E-state index contributed by atoms with van der Waals surface area (Å²) in [7, 11) is 0. The standard InChI is InChI=1S/C18H24N2O4/c1-18(23-9-10-24-18)14-6-4-5-13(11-14)12-19-17(22)15-7-2-3-8-16(21)20-15/h4-6,11,15H,2-3,7-10,12H2,1H3,(H,19,22)(H,20,21)/t15-/m0/s1. The second kappa shape index (κ2) is 7.32. The Kier molecular flexibility index (Phi) is 5.16. The molecule has 2 aliphatic heterocycles. The van der Waals surface area contributed by atoms with Crippen LogP contribution in [0.3, 0.4) is 0 Å². The molecule has 0 aliphatic carbocycles. The molecule has 1 aromatic rings. The molecule has 24 heavy (non-hydrogen) atoms. The Bertz CT molecular complexity index is 611. The normalized spacial score (nSPS) is 23.4. The van der Waals surface area contributed by atoms with Gasteiger partial charge in [-0.1, -0.05) is 24.6 Å². The van der Waals surface area contributed by atoms with Gasteiger partial charge in [-0.2, -0.15) is 0 Å². The third kappa shape index (κ3) is 3.94. The minimum absolute atomic E-state index is 0.0434. The van der Waals surface area contributed by atoms with E-state index in [2.05, 4.69) is 10.6 Å². The van der Waals surface area contributed by atoms with E-state index >= 15 is 0 Å². The fraction of sp³-hybridized carbons (Fsp3) is 0.556. The zero-order chi connectivity index (χ0) is 17.0. The second-order valence-electron chi connectivity index (χ2n) is 6.43. The fourth-order valence-electron chi connectivity index (χ4n) is 3.13. The van der Waals surface area contributed by atoms with Crippen LogP contribution in [0.15, 0.2) is 24.3 Å². The van der Waals surface area contributed by atoms with Crippen molar-refractivity contribution < 1.29 is 19.1 Å². The van der Waals surface area contributed by atoms with E-state index in [9.17, 15) is 9.59 Å². The van der Waals surface area contributed by atoms with Gasteiger partial charge in [0.05, 0.1) is 13.2 Å². The first-order chi connectivity index (χ1) is 11.6. The molecule has 0 aromatic heterocycles. The molecule has 2 aliphatic rings. The van der Waals surface area contributed by atoms with Gasteiger partial charge in [0.2, 0.25) is 11.8 Å². The van der Waals surface area contributed by atoms with Crippen LogP contribution in [-0.4, -0.2) is 31.1 Å². The molecule has 0 bridgehead atoms. The van der Waals surface area contributed by atoms with Crippen LogP contribution in [0, 0.1) is 0 Å². The van der Waals surface area contributed by atoms with Gasteiger partial charge in [-0.3, -0.25) is 9.59 Å². The van der Waals surface area contributed by atoms with E-state index in [-0.39, 0.29) is 11.8 Å². The molecule has 0 radical (unpaired) electrons. The molecule has 6 nitrogen and oxygen atoms in total. The molecule has 0 saturated carbocycles. The van der Waals surface area contributed by atoms with E-state index in [1.54, 1.807) is 0 Å². The maximum atomic E-state index is 12.3. The van der Waals surface area contributed by atoms with Gasteiger partial charge >= 0.3 is 0 Å². The molecule has 2 saturated heterocycles. The minimum atomic E-state index is -0.713. The first kappa shape index (κ1) is 16.9. The van der Waals surface area contributed by atoms with Gasteiger partial charge in [0, 0.05) is 18.5 Å². The lowest BCUT2D eigenvalue weighted by atomic mass is 10.0. The Labute approximate surface area is 141 Å². The van der Waals surface area contributed by atoms with Crippen molar-refractivity contribution in [2.24, 2.45) is 0 Å². The van der Waals surface area contributed by atoms with Crippen molar-refractivity contribution in [3.63, 3.8) is 0 Å². The van der Waals surface area contributed by atoms with Crippen LogP contribution < -0.4 is 10.6 Å². The van der Waals surface area contributed by atoms with Gasteiger partial charge in [-0.05, 0) is 31.4 Å². The average molecular weight is 332 g/mol. The van der Waals surface area contributed by atoms with Gasteiger partial charge in [-0.15, -0.1) is 0 Å². The number of rotatable bonds is 4. The molecular weight excluding hydrogens is 308 g/mol. The van der Waals surface area contributed by atoms with E-state index in [0.29, 0.717) is 32.6 Å². The minimum Gasteiger partial charge on any atom is -0.350 e. The van der Waals surface area contributed by atoms with Crippen molar-refractivity contribution >= 4 is 11.8 Å². The molecule has 0 spiro atoms. The maximum absolute atomic E-state index is 12.3. The van der Waals surface area contributed by atoms with Crippen LogP contribution in [0.2, 0.25) is 0 Å². The van der Waals surface area contributed by atoms with E-state index in [4.69, 9.17) is 9.47 Å². The number of carbonyl (C=O) groups excluding carboxylic acids is 2. The van der Waals surface area contributed by atoms with Crippen molar-refractivity contribution in [3.05, 3.63) is 35.4 Å². The molecule has 2 heterocycles. The smallest absolute Gasteiger partial charge is 0.242 e. The lowest BCUT2D eigenvalue weighted by molar-refractivity contribution is -0.149. The maximum Gasteiger partial charge on any atom is 0.242 e. The monoisotopic (exact) mass is 332 g/mol. The summed E-state index contributed by atoms with van der Waals surface area (Å²) >= 11 is 0. The Hall–Kier alpha value is -1.92. The van der Waals surface area contributed by atoms with Crippen LogP contribution in [0.25, 0.3) is 0 Å². The lowest BCUT2D eigenvalue weighted by Gasteiger charge is -2.23. The van der Waals surface area contributed by atoms with Crippen LogP contribution in [0.5, 0.6) is 0 Å². The highest BCUT2D eigenvalue weighted by atomic mass is 16.7. The SMILES string of the molecule is CC1(c2cccc(CNC(=O)[C@@H]3CCCCC(=O)N3)c2)OCCO1. The van der Waals surface area contributed by atoms with Gasteiger partial charge in [0.1, 0.15) is 6.04 Å². The Morgan fingerprint density at radius 1 is 1.33 bits per heavy atom. The van der Waals surface area contributed by atoms with Crippen molar-refractivity contribution in [3.8, 4) is 0 Å². The third-order valence-corrected chi connectivity index (χ3v) is 4.55. The van der Waals surface area contributed by atoms with E-state index in [0.717, 1.165) is 24.0 Å². The highest BCUT2D eigenvalue weighted by Crippen LogP contribution is 2.31. The number of hydrogen-bond donors (Lipinski definition) is 2. The van der Waals surface area contributed by atoms with E-state index < -0.39 is 11.8 Å². The van der Waals surface area contributed by atoms with Crippen LogP contribution in [0.4, 0.5) is 0 Å². The Morgan fingerprint density at radius 3 is 2.92 bits per heavy atom. The zero-order valence-corrected chi connectivity index (χ0v) is 14.0. The molecule has 1 aromatic carbocycles. The highest BCUT2D eigenvalue weighted by molar-refractivity contribution is 5.87. The van der Waals surface area contributed by atoms with Gasteiger partial charge in [0.15, 0.2) is 5.79 Å². The third-order valence-electron chi connectivity index (χ3n) is 4.55. The molecule has 130 valence electrons. The summed E-state index contributed by atoms with van der Waals surface area (Å²) in [6, 6.07) is 7.40. The summed E-state index contributed by atoms with van der Waals surface area (Å²) in [4.78, 5) is 23.9. The number of hydrogen-bond acceptors (Lipinski definition) is 4. The van der Waals surface area contributed by atoms with Crippen molar-refractivity contribution in [1.82, 2.24) is 10.6 Å². The molecule has 3 rings (SSSR count). The van der Waals surface area contributed by atoms with Crippen molar-refractivity contribution in [2.45, 2.75) is 51.0 Å². The predicted octanol–water partition coefficient (Wildman–Crippen LogP) is 1.58. The summed E-state index contributed by atoms with van der Waals surface area (Å²) in [6.45, 7) is 3.48. The molecule has 0 unspecified atom stereocenters. The largest absolute Gasteiger partial charge is 0.350 e. The summed E-state index contributed by atoms with van der Waals surface area (Å²) in [6.07, 6.45) is 2.93. The zero-order valence-electron chi connectivity index (χ0n) is 14.0. The molecule has 2 amide bonds. The number of amides is 2. The predicted molar refractivity (Wildman–Crippen MR) is 87.9 cm³/mol. The first-order valence-electron chi connectivity index (χ1n) is 8.51. The number of nitrogens with one attached hydrogen (secondary N) is 2. The van der Waals surface area contributed by atoms with Gasteiger partial charge < -0.3 is 20.1 Å².